The number of nitrogens with zero attached hydrogens (tertiary/aromatic N) is 2. The number of aromatic nitrogens is 2. The van der Waals surface area contributed by atoms with E-state index >= 15 is 0 Å². The fraction of sp³-hybridized carbons (Fsp3) is 0.500. The van der Waals surface area contributed by atoms with Crippen LogP contribution < -0.4 is 5.32 Å². The summed E-state index contributed by atoms with van der Waals surface area (Å²) in [4.78, 5) is 8.24. The van der Waals surface area contributed by atoms with Gasteiger partial charge in [-0.25, -0.2) is 9.97 Å². The molecule has 5 heteroatoms. The summed E-state index contributed by atoms with van der Waals surface area (Å²) < 4.78 is 0. The maximum absolute atomic E-state index is 8.80. The van der Waals surface area contributed by atoms with Crippen LogP contribution in [0.2, 0.25) is 0 Å². The van der Waals surface area contributed by atoms with Gasteiger partial charge in [0.15, 0.2) is 5.82 Å². The fourth-order valence-electron chi connectivity index (χ4n) is 1.35. The van der Waals surface area contributed by atoms with Gasteiger partial charge in [0.05, 0.1) is 0 Å². The van der Waals surface area contributed by atoms with E-state index in [9.17, 15) is 0 Å². The molecule has 13 heavy (non-hydrogen) atoms. The van der Waals surface area contributed by atoms with Gasteiger partial charge >= 0.3 is 0 Å². The van der Waals surface area contributed by atoms with Crippen LogP contribution in [0.25, 0.3) is 0 Å². The highest BCUT2D eigenvalue weighted by Gasteiger charge is 2.10. The highest BCUT2D eigenvalue weighted by molar-refractivity contribution is 5.85. The lowest BCUT2D eigenvalue weighted by molar-refractivity contribution is 0.270. The highest BCUT2D eigenvalue weighted by Crippen LogP contribution is 2.09. The Hall–Kier alpha value is -0.710. The number of halogens is 1. The molecule has 2 rings (SSSR count). The van der Waals surface area contributed by atoms with E-state index in [0.717, 1.165) is 30.8 Å². The number of fused-ring (bicyclic) bond motifs is 1. The van der Waals surface area contributed by atoms with Gasteiger partial charge in [-0.3, -0.25) is 0 Å². The Labute approximate surface area is 82.8 Å². The van der Waals surface area contributed by atoms with Crippen molar-refractivity contribution in [3.05, 3.63) is 23.3 Å². The Morgan fingerprint density at radius 1 is 1.54 bits per heavy atom. The van der Waals surface area contributed by atoms with Gasteiger partial charge in [-0.15, -0.1) is 12.4 Å². The molecule has 4 nitrogen and oxygen atoms in total. The molecule has 0 spiro atoms. The molecule has 0 unspecified atom stereocenters. The van der Waals surface area contributed by atoms with Crippen LogP contribution in [0.4, 0.5) is 0 Å². The maximum Gasteiger partial charge on any atom is 0.153 e. The minimum atomic E-state index is -0.0687. The van der Waals surface area contributed by atoms with Gasteiger partial charge in [0.25, 0.3) is 0 Å². The summed E-state index contributed by atoms with van der Waals surface area (Å²) in [5, 5.41) is 12.0. The predicted octanol–water partition coefficient (Wildman–Crippen LogP) is 0.0364. The van der Waals surface area contributed by atoms with Gasteiger partial charge in [-0.1, -0.05) is 0 Å². The first-order valence-electron chi connectivity index (χ1n) is 4.05. The van der Waals surface area contributed by atoms with Gasteiger partial charge in [0.2, 0.25) is 0 Å². The van der Waals surface area contributed by atoms with Crippen molar-refractivity contribution in [2.45, 2.75) is 19.6 Å². The first-order chi connectivity index (χ1) is 5.90. The van der Waals surface area contributed by atoms with E-state index in [1.54, 1.807) is 6.20 Å². The number of nitrogens with one attached hydrogen (secondary N) is 1. The summed E-state index contributed by atoms with van der Waals surface area (Å²) in [6.07, 6.45) is 2.73. The predicted molar refractivity (Wildman–Crippen MR) is 50.6 cm³/mol. The lowest BCUT2D eigenvalue weighted by Gasteiger charge is -2.15. The molecular formula is C8H12ClN3O. The molecule has 72 valence electrons. The average Bonchev–Trinajstić information content (AvgIpc) is 2.17. The van der Waals surface area contributed by atoms with Crippen LogP contribution in [0.1, 0.15) is 17.1 Å². The summed E-state index contributed by atoms with van der Waals surface area (Å²) in [6.45, 7) is 1.75. The third-order valence-corrected chi connectivity index (χ3v) is 2.00. The van der Waals surface area contributed by atoms with Crippen molar-refractivity contribution < 1.29 is 5.11 Å². The normalized spacial score (nSPS) is 14.5. The molecule has 0 amide bonds. The Kier molecular flexibility index (Phi) is 3.59. The monoisotopic (exact) mass is 201 g/mol. The van der Waals surface area contributed by atoms with Crippen molar-refractivity contribution in [3.63, 3.8) is 0 Å². The van der Waals surface area contributed by atoms with Crippen LogP contribution in [0, 0.1) is 0 Å². The molecule has 0 bridgehead atoms. The Morgan fingerprint density at radius 3 is 3.15 bits per heavy atom. The second kappa shape index (κ2) is 4.50. The van der Waals surface area contributed by atoms with E-state index in [-0.39, 0.29) is 19.0 Å². The quantitative estimate of drug-likeness (QED) is 0.674. The summed E-state index contributed by atoms with van der Waals surface area (Å²) in [5.74, 6) is 0.524. The minimum Gasteiger partial charge on any atom is -0.388 e. The average molecular weight is 202 g/mol. The third-order valence-electron chi connectivity index (χ3n) is 2.00. The Morgan fingerprint density at radius 2 is 2.38 bits per heavy atom. The largest absolute Gasteiger partial charge is 0.388 e. The molecule has 0 aliphatic carbocycles. The second-order valence-electron chi connectivity index (χ2n) is 2.84. The molecule has 0 radical (unpaired) electrons. The first-order valence-corrected chi connectivity index (χ1v) is 4.05. The SMILES string of the molecule is Cl.OCc1ncc2c(n1)CCNC2. The third kappa shape index (κ3) is 2.15. The zero-order valence-corrected chi connectivity index (χ0v) is 7.97. The molecule has 0 saturated heterocycles. The van der Waals surface area contributed by atoms with Crippen LogP contribution in [0.15, 0.2) is 6.20 Å². The van der Waals surface area contributed by atoms with E-state index in [1.165, 1.54) is 0 Å². The zero-order valence-electron chi connectivity index (χ0n) is 7.16. The van der Waals surface area contributed by atoms with Crippen LogP contribution in [-0.4, -0.2) is 21.6 Å². The van der Waals surface area contributed by atoms with Crippen LogP contribution in [0.3, 0.4) is 0 Å². The van der Waals surface area contributed by atoms with Crippen LogP contribution in [0.5, 0.6) is 0 Å². The molecule has 1 aromatic rings. The van der Waals surface area contributed by atoms with E-state index < -0.39 is 0 Å². The standard InChI is InChI=1S/C8H11N3O.ClH/c12-5-8-10-4-6-3-9-2-1-7(6)11-8;/h4,9,12H,1-3,5H2;1H. The van der Waals surface area contributed by atoms with Gasteiger partial charge in [0, 0.05) is 37.0 Å². The van der Waals surface area contributed by atoms with Gasteiger partial charge in [-0.05, 0) is 0 Å². The molecule has 0 atom stereocenters. The lowest BCUT2D eigenvalue weighted by Crippen LogP contribution is -2.25. The maximum atomic E-state index is 8.80. The zero-order chi connectivity index (χ0) is 8.39. The van der Waals surface area contributed by atoms with Crippen molar-refractivity contribution in [3.8, 4) is 0 Å². The summed E-state index contributed by atoms with van der Waals surface area (Å²) in [7, 11) is 0. The molecule has 1 aromatic heterocycles. The molecule has 0 saturated carbocycles. The number of rotatable bonds is 1. The second-order valence-corrected chi connectivity index (χ2v) is 2.84. The van der Waals surface area contributed by atoms with E-state index in [2.05, 4.69) is 15.3 Å². The van der Waals surface area contributed by atoms with Crippen molar-refractivity contribution >= 4 is 12.4 Å². The first kappa shape index (κ1) is 10.4. The Balaban J connectivity index is 0.000000845. The Bertz CT molecular complexity index is 293. The minimum absolute atomic E-state index is 0. The number of hydrogen-bond acceptors (Lipinski definition) is 4. The highest BCUT2D eigenvalue weighted by atomic mass is 35.5. The smallest absolute Gasteiger partial charge is 0.153 e. The van der Waals surface area contributed by atoms with Crippen molar-refractivity contribution in [1.82, 2.24) is 15.3 Å². The summed E-state index contributed by atoms with van der Waals surface area (Å²) >= 11 is 0. The number of aliphatic hydroxyl groups is 1. The topological polar surface area (TPSA) is 58.0 Å². The number of aliphatic hydroxyl groups excluding tert-OH is 1. The van der Waals surface area contributed by atoms with Crippen molar-refractivity contribution in [2.75, 3.05) is 6.54 Å². The van der Waals surface area contributed by atoms with Gasteiger partial charge < -0.3 is 10.4 Å². The van der Waals surface area contributed by atoms with E-state index in [0.29, 0.717) is 5.82 Å². The molecule has 2 N–H and O–H groups in total. The van der Waals surface area contributed by atoms with Crippen LogP contribution in [-0.2, 0) is 19.6 Å². The molecule has 0 aromatic carbocycles. The lowest BCUT2D eigenvalue weighted by atomic mass is 10.1. The molecular weight excluding hydrogens is 190 g/mol. The van der Waals surface area contributed by atoms with Gasteiger partial charge in [-0.2, -0.15) is 0 Å². The molecule has 2 heterocycles. The molecule has 1 aliphatic heterocycles. The van der Waals surface area contributed by atoms with Crippen molar-refractivity contribution in [2.24, 2.45) is 0 Å². The molecule has 0 fully saturated rings. The van der Waals surface area contributed by atoms with E-state index in [1.807, 2.05) is 0 Å². The van der Waals surface area contributed by atoms with E-state index in [4.69, 9.17) is 5.11 Å². The van der Waals surface area contributed by atoms with Crippen molar-refractivity contribution in [1.29, 1.82) is 0 Å². The van der Waals surface area contributed by atoms with Gasteiger partial charge in [0.1, 0.15) is 6.61 Å². The fourth-order valence-corrected chi connectivity index (χ4v) is 1.35. The molecule has 1 aliphatic rings. The summed E-state index contributed by atoms with van der Waals surface area (Å²) in [6, 6.07) is 0. The summed E-state index contributed by atoms with van der Waals surface area (Å²) in [5.41, 5.74) is 2.23. The number of hydrogen-bond donors (Lipinski definition) is 2. The van der Waals surface area contributed by atoms with Crippen LogP contribution >= 0.6 is 12.4 Å².